The summed E-state index contributed by atoms with van der Waals surface area (Å²) in [6.45, 7) is 0.188. The van der Waals surface area contributed by atoms with Gasteiger partial charge in [-0.1, -0.05) is 47.7 Å². The fourth-order valence-electron chi connectivity index (χ4n) is 2.43. The molecule has 4 nitrogen and oxygen atoms in total. The minimum Gasteiger partial charge on any atom is -0.454 e. The van der Waals surface area contributed by atoms with Crippen LogP contribution in [0, 0.1) is 0 Å². The molecule has 1 saturated heterocycles. The molecule has 4 rings (SSSR count). The van der Waals surface area contributed by atoms with E-state index in [1.165, 1.54) is 16.7 Å². The standard InChI is InChI=1S/C17H10ClNO3S2/c18-11-3-1-10(2-4-11)7-15-16(20)19(17(23)24-15)12-5-6-13-14(8-12)22-9-21-13/h1-8H,9H2/b15-7+. The lowest BCUT2D eigenvalue weighted by molar-refractivity contribution is -0.113. The summed E-state index contributed by atoms with van der Waals surface area (Å²) in [7, 11) is 0. The molecule has 2 aromatic carbocycles. The van der Waals surface area contributed by atoms with E-state index in [-0.39, 0.29) is 12.7 Å². The van der Waals surface area contributed by atoms with E-state index >= 15 is 0 Å². The molecule has 0 N–H and O–H groups in total. The molecule has 0 saturated carbocycles. The van der Waals surface area contributed by atoms with E-state index in [1.54, 1.807) is 30.3 Å². The molecule has 0 aromatic heterocycles. The SMILES string of the molecule is O=C1/C(=C\c2ccc(Cl)cc2)SC(=S)N1c1ccc2c(c1)OCO2. The highest BCUT2D eigenvalue weighted by Crippen LogP contribution is 2.40. The number of thioether (sulfide) groups is 1. The van der Waals surface area contributed by atoms with Crippen LogP contribution >= 0.6 is 35.6 Å². The number of ether oxygens (including phenoxy) is 2. The van der Waals surface area contributed by atoms with Crippen molar-refractivity contribution in [3.05, 3.63) is 58.0 Å². The molecule has 0 spiro atoms. The molecule has 7 heteroatoms. The maximum atomic E-state index is 12.7. The zero-order valence-corrected chi connectivity index (χ0v) is 14.6. The highest BCUT2D eigenvalue weighted by molar-refractivity contribution is 8.27. The molecule has 2 aromatic rings. The zero-order chi connectivity index (χ0) is 16.7. The summed E-state index contributed by atoms with van der Waals surface area (Å²) < 4.78 is 11.1. The maximum absolute atomic E-state index is 12.7. The van der Waals surface area contributed by atoms with Gasteiger partial charge in [0.25, 0.3) is 5.91 Å². The van der Waals surface area contributed by atoms with Gasteiger partial charge in [-0.15, -0.1) is 0 Å². The van der Waals surface area contributed by atoms with Gasteiger partial charge in [-0.2, -0.15) is 0 Å². The number of thiocarbonyl (C=S) groups is 1. The van der Waals surface area contributed by atoms with E-state index in [2.05, 4.69) is 0 Å². The number of carbonyl (C=O) groups is 1. The fourth-order valence-corrected chi connectivity index (χ4v) is 3.85. The molecule has 0 unspecified atom stereocenters. The number of hydrogen-bond acceptors (Lipinski definition) is 5. The van der Waals surface area contributed by atoms with Crippen molar-refractivity contribution in [1.82, 2.24) is 0 Å². The normalized spacial score (nSPS) is 17.9. The number of hydrogen-bond donors (Lipinski definition) is 0. The van der Waals surface area contributed by atoms with Crippen LogP contribution in [0.1, 0.15) is 5.56 Å². The van der Waals surface area contributed by atoms with E-state index in [0.717, 1.165) is 5.56 Å². The average Bonchev–Trinajstić information content (AvgIpc) is 3.14. The van der Waals surface area contributed by atoms with Crippen LogP contribution in [-0.2, 0) is 4.79 Å². The molecule has 2 heterocycles. The van der Waals surface area contributed by atoms with Crippen LogP contribution < -0.4 is 14.4 Å². The largest absolute Gasteiger partial charge is 0.454 e. The third kappa shape index (κ3) is 2.77. The predicted molar refractivity (Wildman–Crippen MR) is 99.7 cm³/mol. The van der Waals surface area contributed by atoms with Gasteiger partial charge in [0.1, 0.15) is 0 Å². The molecule has 2 aliphatic heterocycles. The monoisotopic (exact) mass is 375 g/mol. The molecule has 0 atom stereocenters. The summed E-state index contributed by atoms with van der Waals surface area (Å²) in [6.07, 6.45) is 1.81. The number of anilines is 1. The van der Waals surface area contributed by atoms with Gasteiger partial charge in [0.2, 0.25) is 6.79 Å². The molecule has 120 valence electrons. The Bertz CT molecular complexity index is 880. The number of rotatable bonds is 2. The van der Waals surface area contributed by atoms with E-state index in [0.29, 0.717) is 31.4 Å². The molecule has 1 fully saturated rings. The molecular formula is C17H10ClNO3S2. The third-order valence-corrected chi connectivity index (χ3v) is 5.13. The van der Waals surface area contributed by atoms with Crippen molar-refractivity contribution in [3.8, 4) is 11.5 Å². The second-order valence-electron chi connectivity index (χ2n) is 5.11. The fraction of sp³-hybridized carbons (Fsp3) is 0.0588. The second kappa shape index (κ2) is 6.12. The highest BCUT2D eigenvalue weighted by atomic mass is 35.5. The van der Waals surface area contributed by atoms with E-state index in [9.17, 15) is 4.79 Å². The molecule has 0 aliphatic carbocycles. The predicted octanol–water partition coefficient (Wildman–Crippen LogP) is 4.47. The van der Waals surface area contributed by atoms with Crippen molar-refractivity contribution in [2.45, 2.75) is 0 Å². The summed E-state index contributed by atoms with van der Waals surface area (Å²) in [4.78, 5) is 14.8. The zero-order valence-electron chi connectivity index (χ0n) is 12.2. The van der Waals surface area contributed by atoms with E-state index < -0.39 is 0 Å². The first-order chi connectivity index (χ1) is 11.6. The Kier molecular flexibility index (Phi) is 3.96. The Labute approximate surface area is 153 Å². The van der Waals surface area contributed by atoms with Crippen LogP contribution in [0.15, 0.2) is 47.4 Å². The van der Waals surface area contributed by atoms with Crippen LogP contribution in [0.25, 0.3) is 6.08 Å². The summed E-state index contributed by atoms with van der Waals surface area (Å²) in [6, 6.07) is 12.6. The van der Waals surface area contributed by atoms with Gasteiger partial charge in [0.15, 0.2) is 15.8 Å². The van der Waals surface area contributed by atoms with E-state index in [4.69, 9.17) is 33.3 Å². The molecule has 0 radical (unpaired) electrons. The number of nitrogens with zero attached hydrogens (tertiary/aromatic N) is 1. The number of carbonyl (C=O) groups excluding carboxylic acids is 1. The molecule has 1 amide bonds. The van der Waals surface area contributed by atoms with Gasteiger partial charge in [-0.25, -0.2) is 0 Å². The quantitative estimate of drug-likeness (QED) is 0.571. The van der Waals surface area contributed by atoms with Gasteiger partial charge < -0.3 is 9.47 Å². The summed E-state index contributed by atoms with van der Waals surface area (Å²) in [5.41, 5.74) is 1.56. The molecule has 0 bridgehead atoms. The van der Waals surface area contributed by atoms with Crippen molar-refractivity contribution in [1.29, 1.82) is 0 Å². The Morgan fingerprint density at radius 3 is 2.67 bits per heavy atom. The van der Waals surface area contributed by atoms with Gasteiger partial charge in [0, 0.05) is 11.1 Å². The Hall–Kier alpha value is -2.02. The van der Waals surface area contributed by atoms with Crippen molar-refractivity contribution >= 4 is 57.6 Å². The lowest BCUT2D eigenvalue weighted by atomic mass is 10.2. The highest BCUT2D eigenvalue weighted by Gasteiger charge is 2.34. The average molecular weight is 376 g/mol. The number of halogens is 1. The molecule has 24 heavy (non-hydrogen) atoms. The Balaban J connectivity index is 1.65. The first-order valence-corrected chi connectivity index (χ1v) is 8.65. The molecular weight excluding hydrogens is 366 g/mol. The van der Waals surface area contributed by atoms with Crippen LogP contribution in [0.2, 0.25) is 5.02 Å². The van der Waals surface area contributed by atoms with Crippen LogP contribution in [0.3, 0.4) is 0 Å². The van der Waals surface area contributed by atoms with Crippen molar-refractivity contribution in [2.24, 2.45) is 0 Å². The summed E-state index contributed by atoms with van der Waals surface area (Å²) >= 11 is 12.5. The van der Waals surface area contributed by atoms with Crippen LogP contribution in [0.4, 0.5) is 5.69 Å². The number of fused-ring (bicyclic) bond motifs is 1. The minimum atomic E-state index is -0.154. The second-order valence-corrected chi connectivity index (χ2v) is 7.22. The van der Waals surface area contributed by atoms with Crippen LogP contribution in [-0.4, -0.2) is 17.0 Å². The van der Waals surface area contributed by atoms with Gasteiger partial charge in [-0.3, -0.25) is 9.69 Å². The minimum absolute atomic E-state index is 0.154. The summed E-state index contributed by atoms with van der Waals surface area (Å²) in [5.74, 6) is 1.13. The van der Waals surface area contributed by atoms with Gasteiger partial charge in [-0.05, 0) is 35.9 Å². The maximum Gasteiger partial charge on any atom is 0.270 e. The Morgan fingerprint density at radius 2 is 1.88 bits per heavy atom. The first-order valence-electron chi connectivity index (χ1n) is 7.05. The van der Waals surface area contributed by atoms with Crippen molar-refractivity contribution in [3.63, 3.8) is 0 Å². The number of benzene rings is 2. The third-order valence-electron chi connectivity index (χ3n) is 3.58. The van der Waals surface area contributed by atoms with Crippen molar-refractivity contribution in [2.75, 3.05) is 11.7 Å². The summed E-state index contributed by atoms with van der Waals surface area (Å²) in [5, 5.41) is 0.653. The molecule has 2 aliphatic rings. The Morgan fingerprint density at radius 1 is 1.12 bits per heavy atom. The lowest BCUT2D eigenvalue weighted by Crippen LogP contribution is -2.27. The van der Waals surface area contributed by atoms with Gasteiger partial charge in [0.05, 0.1) is 10.6 Å². The topological polar surface area (TPSA) is 38.8 Å². The first kappa shape index (κ1) is 15.5. The lowest BCUT2D eigenvalue weighted by Gasteiger charge is -2.14. The van der Waals surface area contributed by atoms with Crippen LogP contribution in [0.5, 0.6) is 11.5 Å². The van der Waals surface area contributed by atoms with Crippen molar-refractivity contribution < 1.29 is 14.3 Å². The number of amides is 1. The van der Waals surface area contributed by atoms with E-state index in [1.807, 2.05) is 18.2 Å². The smallest absolute Gasteiger partial charge is 0.270 e. The van der Waals surface area contributed by atoms with Gasteiger partial charge >= 0.3 is 0 Å².